The second-order valence-corrected chi connectivity index (χ2v) is 10.3. The number of carbonyl (C=O) groups excluding carboxylic acids is 1. The number of aliphatic hydroxyl groups is 2. The Balaban J connectivity index is 1.77. The van der Waals surface area contributed by atoms with Crippen molar-refractivity contribution in [2.75, 3.05) is 6.61 Å². The lowest BCUT2D eigenvalue weighted by Crippen LogP contribution is -2.64. The molecule has 0 heterocycles. The van der Waals surface area contributed by atoms with Crippen LogP contribution >= 0.6 is 0 Å². The molecule has 26 heavy (non-hydrogen) atoms. The Morgan fingerprint density at radius 2 is 1.77 bits per heavy atom. The maximum atomic E-state index is 11.9. The van der Waals surface area contributed by atoms with Crippen LogP contribution in [0.15, 0.2) is 12.2 Å². The standard InChI is InChI=1S/C22H34O4/c1-14(24)26-18-19(2)8-5-16-20(3)9-7-17(25)21(4,13-23)15(20)6-10-22(16,18)12-11-19/h11-12,15-18,23,25H,5-10,13H2,1-4H3. The van der Waals surface area contributed by atoms with Crippen LogP contribution < -0.4 is 0 Å². The molecule has 146 valence electrons. The molecule has 0 aromatic carbocycles. The summed E-state index contributed by atoms with van der Waals surface area (Å²) in [6, 6.07) is 0. The van der Waals surface area contributed by atoms with Crippen LogP contribution in [-0.4, -0.2) is 35.0 Å². The molecule has 0 radical (unpaired) electrons. The highest BCUT2D eigenvalue weighted by atomic mass is 16.5. The summed E-state index contributed by atoms with van der Waals surface area (Å²) in [5.41, 5.74) is -0.514. The maximum absolute atomic E-state index is 11.9. The summed E-state index contributed by atoms with van der Waals surface area (Å²) in [6.45, 7) is 8.24. The van der Waals surface area contributed by atoms with Crippen molar-refractivity contribution in [3.05, 3.63) is 12.2 Å². The van der Waals surface area contributed by atoms with Gasteiger partial charge in [-0.25, -0.2) is 0 Å². The quantitative estimate of drug-likeness (QED) is 0.583. The first-order valence-corrected chi connectivity index (χ1v) is 10.3. The van der Waals surface area contributed by atoms with Crippen molar-refractivity contribution in [3.8, 4) is 0 Å². The maximum Gasteiger partial charge on any atom is 0.302 e. The van der Waals surface area contributed by atoms with E-state index in [9.17, 15) is 15.0 Å². The minimum Gasteiger partial charge on any atom is -0.461 e. The molecule has 3 fully saturated rings. The summed E-state index contributed by atoms with van der Waals surface area (Å²) in [5, 5.41) is 20.8. The van der Waals surface area contributed by atoms with Gasteiger partial charge in [-0.15, -0.1) is 0 Å². The van der Waals surface area contributed by atoms with E-state index in [1.165, 1.54) is 6.92 Å². The van der Waals surface area contributed by atoms with Gasteiger partial charge in [0.15, 0.2) is 0 Å². The van der Waals surface area contributed by atoms with Crippen molar-refractivity contribution in [2.45, 2.75) is 78.4 Å². The molecule has 8 unspecified atom stereocenters. The topological polar surface area (TPSA) is 66.8 Å². The summed E-state index contributed by atoms with van der Waals surface area (Å²) in [7, 11) is 0. The van der Waals surface area contributed by atoms with Crippen LogP contribution in [0.4, 0.5) is 0 Å². The van der Waals surface area contributed by atoms with E-state index in [1.807, 2.05) is 0 Å². The summed E-state index contributed by atoms with van der Waals surface area (Å²) in [4.78, 5) is 11.9. The molecule has 4 nitrogen and oxygen atoms in total. The minimum absolute atomic E-state index is 0.0368. The fourth-order valence-electron chi connectivity index (χ4n) is 7.74. The van der Waals surface area contributed by atoms with Crippen LogP contribution in [0.2, 0.25) is 0 Å². The van der Waals surface area contributed by atoms with E-state index in [-0.39, 0.29) is 34.9 Å². The van der Waals surface area contributed by atoms with Crippen molar-refractivity contribution >= 4 is 5.97 Å². The average molecular weight is 363 g/mol. The van der Waals surface area contributed by atoms with Crippen LogP contribution in [0.1, 0.15) is 66.2 Å². The number of hydrogen-bond donors (Lipinski definition) is 2. The van der Waals surface area contributed by atoms with E-state index in [1.54, 1.807) is 0 Å². The van der Waals surface area contributed by atoms with Gasteiger partial charge in [0.1, 0.15) is 6.10 Å². The predicted molar refractivity (Wildman–Crippen MR) is 99.2 cm³/mol. The highest BCUT2D eigenvalue weighted by Crippen LogP contribution is 2.72. The SMILES string of the molecule is CC(=O)OC1C2(C)C=CC13CCC1C(C)(CO)C(O)CCC1(C)C3CC2. The number of rotatable bonds is 2. The number of carbonyl (C=O) groups is 1. The molecular formula is C22H34O4. The molecule has 8 atom stereocenters. The number of fused-ring (bicyclic) bond motifs is 3. The molecule has 4 aliphatic rings. The Kier molecular flexibility index (Phi) is 3.96. The monoisotopic (exact) mass is 362 g/mol. The Morgan fingerprint density at radius 3 is 2.42 bits per heavy atom. The molecule has 4 heteroatoms. The van der Waals surface area contributed by atoms with Crippen molar-refractivity contribution in [2.24, 2.45) is 33.5 Å². The van der Waals surface area contributed by atoms with Crippen LogP contribution in [-0.2, 0) is 9.53 Å². The first-order valence-electron chi connectivity index (χ1n) is 10.3. The highest BCUT2D eigenvalue weighted by molar-refractivity contribution is 5.66. The zero-order valence-corrected chi connectivity index (χ0v) is 16.6. The third-order valence-electron chi connectivity index (χ3n) is 9.08. The fraction of sp³-hybridized carbons (Fsp3) is 0.864. The van der Waals surface area contributed by atoms with E-state index in [2.05, 4.69) is 32.9 Å². The van der Waals surface area contributed by atoms with Gasteiger partial charge in [0.2, 0.25) is 0 Å². The van der Waals surface area contributed by atoms with E-state index in [0.717, 1.165) is 38.5 Å². The summed E-state index contributed by atoms with van der Waals surface area (Å²) in [5.74, 6) is 0.551. The summed E-state index contributed by atoms with van der Waals surface area (Å²) >= 11 is 0. The predicted octanol–water partition coefficient (Wildman–Crippen LogP) is 3.46. The second kappa shape index (κ2) is 5.57. The highest BCUT2D eigenvalue weighted by Gasteiger charge is 2.69. The van der Waals surface area contributed by atoms with Gasteiger partial charge >= 0.3 is 5.97 Å². The second-order valence-electron chi connectivity index (χ2n) is 10.3. The van der Waals surface area contributed by atoms with E-state index < -0.39 is 11.5 Å². The van der Waals surface area contributed by atoms with Gasteiger partial charge in [-0.2, -0.15) is 0 Å². The normalized spacial score (nSPS) is 55.2. The third-order valence-corrected chi connectivity index (χ3v) is 9.08. The largest absolute Gasteiger partial charge is 0.461 e. The first kappa shape index (κ1) is 18.5. The van der Waals surface area contributed by atoms with Crippen LogP contribution in [0.3, 0.4) is 0 Å². The molecule has 0 amide bonds. The number of hydrogen-bond acceptors (Lipinski definition) is 4. The molecular weight excluding hydrogens is 328 g/mol. The van der Waals surface area contributed by atoms with Gasteiger partial charge in [0, 0.05) is 23.2 Å². The van der Waals surface area contributed by atoms with Crippen molar-refractivity contribution in [3.63, 3.8) is 0 Å². The summed E-state index contributed by atoms with van der Waals surface area (Å²) < 4.78 is 5.97. The lowest BCUT2D eigenvalue weighted by atomic mass is 9.39. The van der Waals surface area contributed by atoms with Crippen molar-refractivity contribution in [1.82, 2.24) is 0 Å². The minimum atomic E-state index is -0.436. The lowest BCUT2D eigenvalue weighted by Gasteiger charge is -2.66. The van der Waals surface area contributed by atoms with Crippen LogP contribution in [0.5, 0.6) is 0 Å². The fourth-order valence-corrected chi connectivity index (χ4v) is 7.74. The molecule has 4 rings (SSSR count). The molecule has 0 aromatic heterocycles. The molecule has 1 spiro atoms. The van der Waals surface area contributed by atoms with Crippen molar-refractivity contribution in [1.29, 1.82) is 0 Å². The molecule has 3 saturated carbocycles. The smallest absolute Gasteiger partial charge is 0.302 e. The van der Waals surface area contributed by atoms with Gasteiger partial charge in [0.05, 0.1) is 12.7 Å². The Labute approximate surface area is 157 Å². The molecule has 2 N–H and O–H groups in total. The van der Waals surface area contributed by atoms with Crippen LogP contribution in [0, 0.1) is 33.5 Å². The van der Waals surface area contributed by atoms with E-state index >= 15 is 0 Å². The Hall–Kier alpha value is -0.870. The number of aliphatic hydroxyl groups excluding tert-OH is 2. The first-order chi connectivity index (χ1) is 12.1. The molecule has 2 bridgehead atoms. The molecule has 4 aliphatic carbocycles. The van der Waals surface area contributed by atoms with Crippen LogP contribution in [0.25, 0.3) is 0 Å². The van der Waals surface area contributed by atoms with E-state index in [4.69, 9.17) is 4.74 Å². The van der Waals surface area contributed by atoms with Gasteiger partial charge in [-0.3, -0.25) is 4.79 Å². The molecule has 0 aliphatic heterocycles. The van der Waals surface area contributed by atoms with Crippen molar-refractivity contribution < 1.29 is 19.7 Å². The Morgan fingerprint density at radius 1 is 1.08 bits per heavy atom. The summed E-state index contributed by atoms with van der Waals surface area (Å²) in [6.07, 6.45) is 10.0. The molecule has 0 saturated heterocycles. The van der Waals surface area contributed by atoms with E-state index in [0.29, 0.717) is 11.8 Å². The number of esters is 1. The van der Waals surface area contributed by atoms with Gasteiger partial charge < -0.3 is 14.9 Å². The molecule has 0 aromatic rings. The zero-order chi connectivity index (χ0) is 19.0. The average Bonchev–Trinajstić information content (AvgIpc) is 2.75. The number of ether oxygens (including phenoxy) is 1. The Bertz CT molecular complexity index is 644. The zero-order valence-electron chi connectivity index (χ0n) is 16.6. The lowest BCUT2D eigenvalue weighted by molar-refractivity contribution is -0.224. The van der Waals surface area contributed by atoms with Gasteiger partial charge in [-0.1, -0.05) is 32.9 Å². The van der Waals surface area contributed by atoms with Gasteiger partial charge in [0.25, 0.3) is 0 Å². The van der Waals surface area contributed by atoms with Gasteiger partial charge in [-0.05, 0) is 55.8 Å². The third kappa shape index (κ3) is 2.12.